The van der Waals surface area contributed by atoms with Gasteiger partial charge in [-0.1, -0.05) is 30.8 Å². The Bertz CT molecular complexity index is 1090. The molecule has 0 fully saturated rings. The number of carbonyl (C=O) groups excluding carboxylic acids is 2. The normalized spacial score (nSPS) is 22.8. The molecular weight excluding hydrogens is 409 g/mol. The summed E-state index contributed by atoms with van der Waals surface area (Å²) in [6.07, 6.45) is 0.897. The molecule has 32 heavy (non-hydrogen) atoms. The summed E-state index contributed by atoms with van der Waals surface area (Å²) in [6, 6.07) is 13.7. The predicted molar refractivity (Wildman–Crippen MR) is 119 cm³/mol. The van der Waals surface area contributed by atoms with Gasteiger partial charge in [-0.25, -0.2) is 4.39 Å². The van der Waals surface area contributed by atoms with Crippen molar-refractivity contribution in [2.45, 2.75) is 31.6 Å². The third-order valence-corrected chi connectivity index (χ3v) is 6.17. The molecule has 1 aliphatic heterocycles. The Hall–Kier alpha value is -3.41. The Labute approximate surface area is 186 Å². The first kappa shape index (κ1) is 21.8. The zero-order chi connectivity index (χ0) is 22.8. The van der Waals surface area contributed by atoms with Gasteiger partial charge in [0.05, 0.1) is 13.7 Å². The molecule has 0 aromatic heterocycles. The molecule has 0 radical (unpaired) electrons. The lowest BCUT2D eigenvalue weighted by molar-refractivity contribution is -0.147. The molecule has 5 nitrogen and oxygen atoms in total. The SMILES string of the molecule is C=C1NC2=C(C(=O)CC(c3ccc(OC)cc3)C2)C(c2cccc(F)c2)C1C(=O)OCC. The average Bonchev–Trinajstić information content (AvgIpc) is 2.78. The zero-order valence-electron chi connectivity index (χ0n) is 18.2. The fourth-order valence-corrected chi connectivity index (χ4v) is 4.73. The molecule has 0 amide bonds. The summed E-state index contributed by atoms with van der Waals surface area (Å²) in [5.74, 6) is -1.67. The summed E-state index contributed by atoms with van der Waals surface area (Å²) in [6.45, 7) is 6.00. The molecule has 2 aliphatic rings. The van der Waals surface area contributed by atoms with Gasteiger partial charge in [0.15, 0.2) is 5.78 Å². The van der Waals surface area contributed by atoms with E-state index in [9.17, 15) is 14.0 Å². The Morgan fingerprint density at radius 1 is 1.16 bits per heavy atom. The van der Waals surface area contributed by atoms with Crippen molar-refractivity contribution >= 4 is 11.8 Å². The molecule has 0 bridgehead atoms. The largest absolute Gasteiger partial charge is 0.497 e. The van der Waals surface area contributed by atoms with E-state index in [2.05, 4.69) is 11.9 Å². The minimum absolute atomic E-state index is 0.0141. The average molecular weight is 435 g/mol. The number of halogens is 1. The van der Waals surface area contributed by atoms with E-state index in [-0.39, 0.29) is 18.3 Å². The van der Waals surface area contributed by atoms with Crippen LogP contribution in [0, 0.1) is 11.7 Å². The van der Waals surface area contributed by atoms with Crippen molar-refractivity contribution in [3.05, 3.63) is 89.0 Å². The number of hydrogen-bond acceptors (Lipinski definition) is 5. The molecule has 0 spiro atoms. The molecule has 4 rings (SSSR count). The molecule has 1 heterocycles. The monoisotopic (exact) mass is 435 g/mol. The molecule has 1 aliphatic carbocycles. The van der Waals surface area contributed by atoms with Gasteiger partial charge in [0.1, 0.15) is 17.5 Å². The van der Waals surface area contributed by atoms with E-state index in [1.807, 2.05) is 24.3 Å². The van der Waals surface area contributed by atoms with Crippen molar-refractivity contribution in [1.82, 2.24) is 5.32 Å². The lowest BCUT2D eigenvalue weighted by atomic mass is 9.69. The summed E-state index contributed by atoms with van der Waals surface area (Å²) in [5, 5.41) is 3.22. The minimum Gasteiger partial charge on any atom is -0.497 e. The van der Waals surface area contributed by atoms with E-state index in [0.717, 1.165) is 17.0 Å². The summed E-state index contributed by atoms with van der Waals surface area (Å²) in [5.41, 5.74) is 3.31. The third kappa shape index (κ3) is 4.05. The summed E-state index contributed by atoms with van der Waals surface area (Å²) >= 11 is 0. The van der Waals surface area contributed by atoms with E-state index >= 15 is 0 Å². The van der Waals surface area contributed by atoms with Crippen LogP contribution >= 0.6 is 0 Å². The molecule has 3 atom stereocenters. The Morgan fingerprint density at radius 2 is 1.91 bits per heavy atom. The number of Topliss-reactive ketones (excluding diaryl/α,β-unsaturated/α-hetero) is 1. The van der Waals surface area contributed by atoms with Crippen LogP contribution in [0.2, 0.25) is 0 Å². The lowest BCUT2D eigenvalue weighted by Crippen LogP contribution is -2.42. The zero-order valence-corrected chi connectivity index (χ0v) is 18.2. The van der Waals surface area contributed by atoms with Crippen molar-refractivity contribution in [2.24, 2.45) is 5.92 Å². The van der Waals surface area contributed by atoms with Crippen molar-refractivity contribution in [3.63, 3.8) is 0 Å². The van der Waals surface area contributed by atoms with Gasteiger partial charge in [-0.3, -0.25) is 9.59 Å². The number of carbonyl (C=O) groups is 2. The quantitative estimate of drug-likeness (QED) is 0.695. The topological polar surface area (TPSA) is 64.6 Å². The van der Waals surface area contributed by atoms with E-state index in [1.54, 1.807) is 26.2 Å². The van der Waals surface area contributed by atoms with Crippen LogP contribution in [0.3, 0.4) is 0 Å². The molecule has 1 N–H and O–H groups in total. The lowest BCUT2D eigenvalue weighted by Gasteiger charge is -2.40. The Morgan fingerprint density at radius 3 is 2.56 bits per heavy atom. The molecule has 3 unspecified atom stereocenters. The molecule has 0 saturated heterocycles. The van der Waals surface area contributed by atoms with Crippen LogP contribution in [0.25, 0.3) is 0 Å². The van der Waals surface area contributed by atoms with Crippen molar-refractivity contribution in [1.29, 1.82) is 0 Å². The number of benzene rings is 2. The number of hydrogen-bond donors (Lipinski definition) is 1. The van der Waals surface area contributed by atoms with Crippen LogP contribution in [-0.2, 0) is 14.3 Å². The second-order valence-electron chi connectivity index (χ2n) is 8.11. The third-order valence-electron chi connectivity index (χ3n) is 6.17. The van der Waals surface area contributed by atoms with Crippen molar-refractivity contribution < 1.29 is 23.5 Å². The van der Waals surface area contributed by atoms with E-state index in [4.69, 9.17) is 9.47 Å². The molecule has 2 aromatic rings. The first-order valence-corrected chi connectivity index (χ1v) is 10.7. The van der Waals surface area contributed by atoms with Crippen LogP contribution in [0.15, 0.2) is 72.1 Å². The molecule has 2 aromatic carbocycles. The van der Waals surface area contributed by atoms with Crippen LogP contribution in [0.5, 0.6) is 5.75 Å². The van der Waals surface area contributed by atoms with Gasteiger partial charge < -0.3 is 14.8 Å². The second-order valence-corrected chi connectivity index (χ2v) is 8.11. The maximum atomic E-state index is 14.1. The number of ketones is 1. The van der Waals surface area contributed by atoms with Crippen molar-refractivity contribution in [3.8, 4) is 5.75 Å². The highest BCUT2D eigenvalue weighted by Gasteiger charge is 2.45. The number of allylic oxidation sites excluding steroid dienone is 2. The summed E-state index contributed by atoms with van der Waals surface area (Å²) in [7, 11) is 1.61. The molecular formula is C26H26FNO4. The van der Waals surface area contributed by atoms with E-state index in [1.165, 1.54) is 12.1 Å². The van der Waals surface area contributed by atoms with Gasteiger partial charge in [-0.05, 0) is 54.7 Å². The van der Waals surface area contributed by atoms with Crippen molar-refractivity contribution in [2.75, 3.05) is 13.7 Å². The van der Waals surface area contributed by atoms with Gasteiger partial charge in [0.2, 0.25) is 0 Å². The molecule has 166 valence electrons. The van der Waals surface area contributed by atoms with E-state index < -0.39 is 23.6 Å². The van der Waals surface area contributed by atoms with Crippen LogP contribution in [0.4, 0.5) is 4.39 Å². The van der Waals surface area contributed by atoms with Gasteiger partial charge in [0, 0.05) is 29.3 Å². The number of rotatable bonds is 5. The highest BCUT2D eigenvalue weighted by molar-refractivity contribution is 6.01. The van der Waals surface area contributed by atoms with Crippen LogP contribution in [0.1, 0.15) is 42.7 Å². The van der Waals surface area contributed by atoms with Gasteiger partial charge in [-0.15, -0.1) is 0 Å². The summed E-state index contributed by atoms with van der Waals surface area (Å²) in [4.78, 5) is 26.3. The highest BCUT2D eigenvalue weighted by Crippen LogP contribution is 2.47. The highest BCUT2D eigenvalue weighted by atomic mass is 19.1. The van der Waals surface area contributed by atoms with Gasteiger partial charge in [-0.2, -0.15) is 0 Å². The smallest absolute Gasteiger partial charge is 0.315 e. The van der Waals surface area contributed by atoms with Gasteiger partial charge in [0.25, 0.3) is 0 Å². The predicted octanol–water partition coefficient (Wildman–Crippen LogP) is 4.61. The van der Waals surface area contributed by atoms with Crippen LogP contribution < -0.4 is 10.1 Å². The van der Waals surface area contributed by atoms with E-state index in [0.29, 0.717) is 29.7 Å². The standard InChI is InChI=1S/C26H26FNO4/c1-4-32-26(30)23-15(2)28-21-13-18(16-8-10-20(31-3)11-9-16)14-22(29)25(21)24(23)17-6-5-7-19(27)12-17/h5-12,18,23-24,28H,2,4,13-14H2,1,3H3. The first-order chi connectivity index (χ1) is 15.4. The van der Waals surface area contributed by atoms with Crippen LogP contribution in [-0.4, -0.2) is 25.5 Å². The number of ether oxygens (including phenoxy) is 2. The minimum atomic E-state index is -0.808. The Balaban J connectivity index is 1.76. The molecule has 6 heteroatoms. The maximum Gasteiger partial charge on any atom is 0.315 e. The number of methoxy groups -OCH3 is 1. The first-order valence-electron chi connectivity index (χ1n) is 10.7. The van der Waals surface area contributed by atoms with Gasteiger partial charge >= 0.3 is 5.97 Å². The summed E-state index contributed by atoms with van der Waals surface area (Å²) < 4.78 is 24.6. The number of esters is 1. The molecule has 0 saturated carbocycles. The Kier molecular flexibility index (Phi) is 6.12. The second kappa shape index (κ2) is 8.99. The number of nitrogens with one attached hydrogen (secondary N) is 1. The fourth-order valence-electron chi connectivity index (χ4n) is 4.73. The maximum absolute atomic E-state index is 14.1. The fraction of sp³-hybridized carbons (Fsp3) is 0.308.